The smallest absolute Gasteiger partial charge is 0.337 e. The summed E-state index contributed by atoms with van der Waals surface area (Å²) in [6, 6.07) is 3.60. The molecule has 0 heterocycles. The van der Waals surface area contributed by atoms with Gasteiger partial charge in [-0.2, -0.15) is 0 Å². The van der Waals surface area contributed by atoms with E-state index in [2.05, 4.69) is 4.72 Å². The zero-order valence-electron chi connectivity index (χ0n) is 9.30. The van der Waals surface area contributed by atoms with Crippen molar-refractivity contribution in [1.82, 2.24) is 4.72 Å². The Hall–Kier alpha value is -1.60. The number of nitrogen functional groups attached to an aromatic ring is 1. The molecule has 7 heteroatoms. The number of nitrogens with two attached hydrogens (primary N) is 1. The number of hydrogen-bond acceptors (Lipinski definition) is 4. The van der Waals surface area contributed by atoms with E-state index >= 15 is 0 Å². The highest BCUT2D eigenvalue weighted by atomic mass is 32.2. The summed E-state index contributed by atoms with van der Waals surface area (Å²) < 4.78 is 25.8. The van der Waals surface area contributed by atoms with Crippen molar-refractivity contribution in [3.05, 3.63) is 23.8 Å². The molecular formula is C10H14N2O4S. The molecule has 0 saturated carbocycles. The number of aromatic carboxylic acids is 1. The number of hydrogen-bond donors (Lipinski definition) is 3. The number of carbonyl (C=O) groups is 1. The number of sulfonamides is 1. The first-order valence-corrected chi connectivity index (χ1v) is 6.49. The number of carboxylic acids is 1. The summed E-state index contributed by atoms with van der Waals surface area (Å²) in [5.41, 5.74) is 5.25. The third-order valence-corrected chi connectivity index (χ3v) is 3.57. The molecule has 0 aliphatic rings. The van der Waals surface area contributed by atoms with Crippen LogP contribution >= 0.6 is 0 Å². The van der Waals surface area contributed by atoms with Gasteiger partial charge in [0.15, 0.2) is 0 Å². The minimum Gasteiger partial charge on any atom is -0.478 e. The molecular weight excluding hydrogens is 244 g/mol. The van der Waals surface area contributed by atoms with Gasteiger partial charge in [0.1, 0.15) is 0 Å². The molecule has 0 amide bonds. The number of rotatable bonds is 5. The summed E-state index contributed by atoms with van der Waals surface area (Å²) in [5, 5.41) is 8.84. The monoisotopic (exact) mass is 258 g/mol. The molecule has 0 spiro atoms. The molecule has 1 aromatic carbocycles. The van der Waals surface area contributed by atoms with Crippen LogP contribution in [-0.4, -0.2) is 26.0 Å². The minimum absolute atomic E-state index is 0.0342. The predicted molar refractivity (Wildman–Crippen MR) is 63.3 cm³/mol. The summed E-state index contributed by atoms with van der Waals surface area (Å²) >= 11 is 0. The lowest BCUT2D eigenvalue weighted by Gasteiger charge is -2.07. The molecule has 17 heavy (non-hydrogen) atoms. The highest BCUT2D eigenvalue weighted by molar-refractivity contribution is 7.89. The molecule has 0 aliphatic heterocycles. The molecule has 0 aliphatic carbocycles. The maximum Gasteiger partial charge on any atom is 0.337 e. The largest absolute Gasteiger partial charge is 0.478 e. The first kappa shape index (κ1) is 13.5. The van der Waals surface area contributed by atoms with E-state index in [1.165, 1.54) is 12.1 Å². The van der Waals surface area contributed by atoms with Gasteiger partial charge in [0, 0.05) is 12.2 Å². The average molecular weight is 258 g/mol. The Bertz CT molecular complexity index is 525. The van der Waals surface area contributed by atoms with Gasteiger partial charge in [-0.3, -0.25) is 0 Å². The van der Waals surface area contributed by atoms with Gasteiger partial charge >= 0.3 is 5.97 Å². The van der Waals surface area contributed by atoms with Crippen molar-refractivity contribution in [3.8, 4) is 0 Å². The standard InChI is InChI=1S/C10H14N2O4S/c1-2-5-12-17(15,16)7-3-4-9(11)8(6-7)10(13)14/h3-4,6,12H,2,5,11H2,1H3,(H,13,14). The number of anilines is 1. The number of carboxylic acid groups (broad SMARTS) is 1. The highest BCUT2D eigenvalue weighted by Crippen LogP contribution is 2.17. The van der Waals surface area contributed by atoms with E-state index < -0.39 is 16.0 Å². The van der Waals surface area contributed by atoms with Crippen molar-refractivity contribution in [1.29, 1.82) is 0 Å². The summed E-state index contributed by atoms with van der Waals surface area (Å²) in [6.45, 7) is 2.13. The summed E-state index contributed by atoms with van der Waals surface area (Å²) in [4.78, 5) is 10.7. The Morgan fingerprint density at radius 1 is 1.47 bits per heavy atom. The van der Waals surface area contributed by atoms with Gasteiger partial charge in [0.05, 0.1) is 10.5 Å². The van der Waals surface area contributed by atoms with Gasteiger partial charge in [-0.05, 0) is 24.6 Å². The van der Waals surface area contributed by atoms with Crippen molar-refractivity contribution >= 4 is 21.7 Å². The molecule has 0 radical (unpaired) electrons. The molecule has 4 N–H and O–H groups in total. The number of nitrogens with one attached hydrogen (secondary N) is 1. The lowest BCUT2D eigenvalue weighted by molar-refractivity contribution is 0.0698. The van der Waals surface area contributed by atoms with Crippen LogP contribution in [0.1, 0.15) is 23.7 Å². The summed E-state index contributed by atoms with van der Waals surface area (Å²) in [6.07, 6.45) is 0.653. The summed E-state index contributed by atoms with van der Waals surface area (Å²) in [5.74, 6) is -1.25. The molecule has 94 valence electrons. The Morgan fingerprint density at radius 2 is 2.12 bits per heavy atom. The molecule has 1 rings (SSSR count). The van der Waals surface area contributed by atoms with Gasteiger partial charge in [-0.1, -0.05) is 6.92 Å². The van der Waals surface area contributed by atoms with Gasteiger partial charge in [0.25, 0.3) is 0 Å². The summed E-state index contributed by atoms with van der Waals surface area (Å²) in [7, 11) is -3.66. The van der Waals surface area contributed by atoms with Gasteiger partial charge in [0.2, 0.25) is 10.0 Å². The van der Waals surface area contributed by atoms with Crippen LogP contribution in [0.5, 0.6) is 0 Å². The fraction of sp³-hybridized carbons (Fsp3) is 0.300. The third-order valence-electron chi connectivity index (χ3n) is 2.11. The normalized spacial score (nSPS) is 11.4. The fourth-order valence-corrected chi connectivity index (χ4v) is 2.37. The zero-order valence-corrected chi connectivity index (χ0v) is 10.1. The second kappa shape index (κ2) is 5.15. The van der Waals surface area contributed by atoms with Crippen LogP contribution in [0, 0.1) is 0 Å². The van der Waals surface area contributed by atoms with Crippen LogP contribution < -0.4 is 10.5 Å². The Kier molecular flexibility index (Phi) is 4.08. The van der Waals surface area contributed by atoms with Crippen molar-refractivity contribution in [2.45, 2.75) is 18.2 Å². The molecule has 1 aromatic rings. The quantitative estimate of drug-likeness (QED) is 0.672. The second-order valence-corrected chi connectivity index (χ2v) is 5.22. The number of benzene rings is 1. The second-order valence-electron chi connectivity index (χ2n) is 3.45. The van der Waals surface area contributed by atoms with Crippen molar-refractivity contribution in [2.75, 3.05) is 12.3 Å². The maximum atomic E-state index is 11.7. The van der Waals surface area contributed by atoms with Crippen LogP contribution in [0.15, 0.2) is 23.1 Å². The van der Waals surface area contributed by atoms with Crippen LogP contribution in [0.2, 0.25) is 0 Å². The molecule has 0 aromatic heterocycles. The van der Waals surface area contributed by atoms with E-state index in [-0.39, 0.29) is 16.1 Å². The van der Waals surface area contributed by atoms with Crippen molar-refractivity contribution in [2.24, 2.45) is 0 Å². The Morgan fingerprint density at radius 3 is 2.65 bits per heavy atom. The topological polar surface area (TPSA) is 109 Å². The van der Waals surface area contributed by atoms with E-state index in [9.17, 15) is 13.2 Å². The first-order chi connectivity index (χ1) is 7.88. The first-order valence-electron chi connectivity index (χ1n) is 5.01. The zero-order chi connectivity index (χ0) is 13.1. The third kappa shape index (κ3) is 3.18. The van der Waals surface area contributed by atoms with E-state index in [0.717, 1.165) is 6.07 Å². The van der Waals surface area contributed by atoms with Crippen molar-refractivity contribution in [3.63, 3.8) is 0 Å². The van der Waals surface area contributed by atoms with E-state index in [1.807, 2.05) is 6.92 Å². The Labute approximate surface area is 99.5 Å². The fourth-order valence-electron chi connectivity index (χ4n) is 1.21. The molecule has 6 nitrogen and oxygen atoms in total. The molecule has 0 atom stereocenters. The molecule has 0 unspecified atom stereocenters. The van der Waals surface area contributed by atoms with Gasteiger partial charge in [-0.15, -0.1) is 0 Å². The lowest BCUT2D eigenvalue weighted by atomic mass is 10.2. The van der Waals surface area contributed by atoms with Crippen LogP contribution in [0.25, 0.3) is 0 Å². The van der Waals surface area contributed by atoms with E-state index in [0.29, 0.717) is 13.0 Å². The van der Waals surface area contributed by atoms with E-state index in [4.69, 9.17) is 10.8 Å². The Balaban J connectivity index is 3.16. The maximum absolute atomic E-state index is 11.7. The minimum atomic E-state index is -3.66. The van der Waals surface area contributed by atoms with E-state index in [1.54, 1.807) is 0 Å². The molecule has 0 fully saturated rings. The van der Waals surface area contributed by atoms with Crippen molar-refractivity contribution < 1.29 is 18.3 Å². The average Bonchev–Trinajstić information content (AvgIpc) is 2.26. The highest BCUT2D eigenvalue weighted by Gasteiger charge is 2.17. The predicted octanol–water partition coefficient (Wildman–Crippen LogP) is 0.655. The SMILES string of the molecule is CCCNS(=O)(=O)c1ccc(N)c(C(=O)O)c1. The molecule has 0 saturated heterocycles. The van der Waals surface area contributed by atoms with Gasteiger partial charge in [-0.25, -0.2) is 17.9 Å². The van der Waals surface area contributed by atoms with Crippen LogP contribution in [-0.2, 0) is 10.0 Å². The van der Waals surface area contributed by atoms with Crippen LogP contribution in [0.4, 0.5) is 5.69 Å². The van der Waals surface area contributed by atoms with Crippen LogP contribution in [0.3, 0.4) is 0 Å². The molecule has 0 bridgehead atoms. The lowest BCUT2D eigenvalue weighted by Crippen LogP contribution is -2.24. The van der Waals surface area contributed by atoms with Gasteiger partial charge < -0.3 is 10.8 Å².